The van der Waals surface area contributed by atoms with Crippen molar-refractivity contribution in [2.75, 3.05) is 0 Å². The Labute approximate surface area is 154 Å². The lowest BCUT2D eigenvalue weighted by Gasteiger charge is -2.08. The third-order valence-corrected chi connectivity index (χ3v) is 4.89. The van der Waals surface area contributed by atoms with Gasteiger partial charge in [0.25, 0.3) is 0 Å². The minimum atomic E-state index is -0.946. The second-order valence-electron chi connectivity index (χ2n) is 5.70. The molecular formula is C19H16ClNO3S. The maximum absolute atomic E-state index is 11.2. The van der Waals surface area contributed by atoms with Crippen LogP contribution in [0.1, 0.15) is 16.8 Å². The number of carboxylic acids is 1. The lowest BCUT2D eigenvalue weighted by Crippen LogP contribution is -2.02. The second-order valence-corrected chi connectivity index (χ2v) is 7.10. The van der Waals surface area contributed by atoms with Crippen LogP contribution in [-0.4, -0.2) is 16.1 Å². The zero-order chi connectivity index (χ0) is 18.0. The van der Waals surface area contributed by atoms with Crippen molar-refractivity contribution < 1.29 is 14.6 Å². The van der Waals surface area contributed by atoms with Crippen molar-refractivity contribution >= 4 is 28.9 Å². The highest BCUT2D eigenvalue weighted by Gasteiger charge is 2.18. The molecule has 1 N–H and O–H groups in total. The van der Waals surface area contributed by atoms with Crippen molar-refractivity contribution in [3.63, 3.8) is 0 Å². The summed E-state index contributed by atoms with van der Waals surface area (Å²) in [5, 5.41) is 11.0. The van der Waals surface area contributed by atoms with Gasteiger partial charge in [-0.3, -0.25) is 4.79 Å². The van der Waals surface area contributed by atoms with Crippen molar-refractivity contribution in [2.45, 2.75) is 20.3 Å². The van der Waals surface area contributed by atoms with E-state index in [-0.39, 0.29) is 6.42 Å². The number of aromatic nitrogens is 1. The monoisotopic (exact) mass is 373 g/mol. The summed E-state index contributed by atoms with van der Waals surface area (Å²) in [4.78, 5) is 15.6. The van der Waals surface area contributed by atoms with Crippen LogP contribution in [-0.2, 0) is 11.2 Å². The van der Waals surface area contributed by atoms with Gasteiger partial charge in [-0.15, -0.1) is 0 Å². The van der Waals surface area contributed by atoms with Crippen molar-refractivity contribution in [1.82, 2.24) is 4.98 Å². The number of ether oxygens (including phenoxy) is 1. The van der Waals surface area contributed by atoms with Crippen LogP contribution in [0.4, 0.5) is 0 Å². The molecule has 0 atom stereocenters. The number of benzene rings is 2. The maximum atomic E-state index is 11.2. The van der Waals surface area contributed by atoms with E-state index >= 15 is 0 Å². The molecule has 128 valence electrons. The van der Waals surface area contributed by atoms with Gasteiger partial charge in [0.05, 0.1) is 6.42 Å². The number of thiazole rings is 1. The number of rotatable bonds is 5. The molecule has 0 amide bonds. The molecule has 4 nitrogen and oxygen atoms in total. The molecule has 3 rings (SSSR count). The lowest BCUT2D eigenvalue weighted by atomic mass is 10.1. The summed E-state index contributed by atoms with van der Waals surface area (Å²) in [6.07, 6.45) is -0.190. The first-order chi connectivity index (χ1) is 11.9. The first-order valence-corrected chi connectivity index (χ1v) is 8.84. The fraction of sp³-hybridized carbons (Fsp3) is 0.158. The van der Waals surface area contributed by atoms with Gasteiger partial charge >= 0.3 is 5.97 Å². The fourth-order valence-electron chi connectivity index (χ4n) is 2.31. The van der Waals surface area contributed by atoms with Crippen molar-refractivity contribution in [3.05, 3.63) is 64.3 Å². The Morgan fingerprint density at radius 3 is 2.60 bits per heavy atom. The van der Waals surface area contributed by atoms with Crippen LogP contribution in [0, 0.1) is 13.8 Å². The van der Waals surface area contributed by atoms with Crippen LogP contribution < -0.4 is 4.74 Å². The molecule has 6 heteroatoms. The molecule has 0 spiro atoms. The first-order valence-electron chi connectivity index (χ1n) is 7.65. The van der Waals surface area contributed by atoms with E-state index in [1.807, 2.05) is 44.2 Å². The van der Waals surface area contributed by atoms with Crippen LogP contribution in [0.5, 0.6) is 10.8 Å². The van der Waals surface area contributed by atoms with Gasteiger partial charge in [0.15, 0.2) is 0 Å². The van der Waals surface area contributed by atoms with Gasteiger partial charge in [-0.25, -0.2) is 4.98 Å². The molecule has 25 heavy (non-hydrogen) atoms. The minimum absolute atomic E-state index is 0.190. The van der Waals surface area contributed by atoms with E-state index in [1.165, 1.54) is 11.3 Å². The molecule has 3 aromatic rings. The van der Waals surface area contributed by atoms with E-state index in [4.69, 9.17) is 21.4 Å². The highest BCUT2D eigenvalue weighted by atomic mass is 35.5. The number of carbonyl (C=O) groups is 1. The molecule has 0 unspecified atom stereocenters. The standard InChI is InChI=1S/C19H16ClNO3S/c1-11-3-4-12(2)16(9-11)24-19-15(10-17(22)23)21-18(25-19)13-5-7-14(20)8-6-13/h3-9H,10H2,1-2H3,(H,22,23). The van der Waals surface area contributed by atoms with Crippen molar-refractivity contribution in [2.24, 2.45) is 0 Å². The topological polar surface area (TPSA) is 59.4 Å². The van der Waals surface area contributed by atoms with Gasteiger partial charge in [0, 0.05) is 10.6 Å². The van der Waals surface area contributed by atoms with Crippen LogP contribution in [0.25, 0.3) is 10.6 Å². The number of carboxylic acid groups (broad SMARTS) is 1. The molecular weight excluding hydrogens is 358 g/mol. The average molecular weight is 374 g/mol. The van der Waals surface area contributed by atoms with E-state index in [1.54, 1.807) is 12.1 Å². The van der Waals surface area contributed by atoms with Gasteiger partial charge in [-0.05, 0) is 43.2 Å². The minimum Gasteiger partial charge on any atom is -0.481 e. The molecule has 0 saturated carbocycles. The third kappa shape index (κ3) is 4.18. The lowest BCUT2D eigenvalue weighted by molar-refractivity contribution is -0.136. The van der Waals surface area contributed by atoms with E-state index in [0.29, 0.717) is 26.5 Å². The van der Waals surface area contributed by atoms with E-state index in [0.717, 1.165) is 16.7 Å². The van der Waals surface area contributed by atoms with Crippen LogP contribution >= 0.6 is 22.9 Å². The first kappa shape index (κ1) is 17.5. The summed E-state index contributed by atoms with van der Waals surface area (Å²) in [6.45, 7) is 3.93. The zero-order valence-corrected chi connectivity index (χ0v) is 15.3. The SMILES string of the molecule is Cc1ccc(C)c(Oc2sc(-c3ccc(Cl)cc3)nc2CC(=O)O)c1. The summed E-state index contributed by atoms with van der Waals surface area (Å²) < 4.78 is 6.01. The number of aliphatic carboxylic acids is 1. The third-order valence-electron chi connectivity index (χ3n) is 3.62. The fourth-order valence-corrected chi connectivity index (χ4v) is 3.38. The molecule has 0 aliphatic rings. The second kappa shape index (κ2) is 7.25. The Kier molecular flexibility index (Phi) is 5.06. The number of nitrogens with zero attached hydrogens (tertiary/aromatic N) is 1. The Morgan fingerprint density at radius 2 is 1.92 bits per heavy atom. The van der Waals surface area contributed by atoms with Crippen LogP contribution in [0.2, 0.25) is 5.02 Å². The van der Waals surface area contributed by atoms with Crippen molar-refractivity contribution in [3.8, 4) is 21.4 Å². The van der Waals surface area contributed by atoms with E-state index < -0.39 is 5.97 Å². The molecule has 0 radical (unpaired) electrons. The molecule has 0 saturated heterocycles. The van der Waals surface area contributed by atoms with Gasteiger partial charge in [-0.1, -0.05) is 47.2 Å². The molecule has 0 aliphatic heterocycles. The highest BCUT2D eigenvalue weighted by molar-refractivity contribution is 7.17. The molecule has 1 aromatic heterocycles. The van der Waals surface area contributed by atoms with Crippen molar-refractivity contribution in [1.29, 1.82) is 0 Å². The number of aryl methyl sites for hydroxylation is 2. The van der Waals surface area contributed by atoms with Gasteiger partial charge in [-0.2, -0.15) is 0 Å². The number of halogens is 1. The molecule has 1 heterocycles. The molecule has 0 bridgehead atoms. The summed E-state index contributed by atoms with van der Waals surface area (Å²) in [5.74, 6) is -0.239. The number of hydrogen-bond acceptors (Lipinski definition) is 4. The Balaban J connectivity index is 2.00. The summed E-state index contributed by atoms with van der Waals surface area (Å²) in [5.41, 5.74) is 3.34. The summed E-state index contributed by atoms with van der Waals surface area (Å²) in [6, 6.07) is 13.2. The Morgan fingerprint density at radius 1 is 1.20 bits per heavy atom. The Bertz CT molecular complexity index is 919. The molecule has 0 fully saturated rings. The normalized spacial score (nSPS) is 10.7. The van der Waals surface area contributed by atoms with Gasteiger partial charge < -0.3 is 9.84 Å². The highest BCUT2D eigenvalue weighted by Crippen LogP contribution is 2.38. The summed E-state index contributed by atoms with van der Waals surface area (Å²) in [7, 11) is 0. The van der Waals surface area contributed by atoms with E-state index in [2.05, 4.69) is 4.98 Å². The maximum Gasteiger partial charge on any atom is 0.309 e. The molecule has 2 aromatic carbocycles. The number of hydrogen-bond donors (Lipinski definition) is 1. The smallest absolute Gasteiger partial charge is 0.309 e. The van der Waals surface area contributed by atoms with Gasteiger partial charge in [0.2, 0.25) is 5.06 Å². The predicted octanol–water partition coefficient (Wildman–Crippen LogP) is 5.50. The van der Waals surface area contributed by atoms with Gasteiger partial charge in [0.1, 0.15) is 16.5 Å². The average Bonchev–Trinajstić information content (AvgIpc) is 2.93. The Hall–Kier alpha value is -2.37. The molecule has 0 aliphatic carbocycles. The van der Waals surface area contributed by atoms with E-state index in [9.17, 15) is 4.79 Å². The quantitative estimate of drug-likeness (QED) is 0.641. The predicted molar refractivity (Wildman–Crippen MR) is 99.9 cm³/mol. The van der Waals surface area contributed by atoms with Crippen LogP contribution in [0.15, 0.2) is 42.5 Å². The largest absolute Gasteiger partial charge is 0.481 e. The summed E-state index contributed by atoms with van der Waals surface area (Å²) >= 11 is 7.25. The van der Waals surface area contributed by atoms with Crippen LogP contribution in [0.3, 0.4) is 0 Å². The zero-order valence-electron chi connectivity index (χ0n) is 13.7.